The number of amidine groups is 1. The largest absolute Gasteiger partial charge is 0.348 e. The number of nitrogens with zero attached hydrogens (tertiary/aromatic N) is 7. The molecule has 0 aliphatic carbocycles. The van der Waals surface area contributed by atoms with Gasteiger partial charge in [-0.05, 0) is 28.9 Å². The van der Waals surface area contributed by atoms with Crippen LogP contribution >= 0.6 is 15.9 Å². The maximum absolute atomic E-state index is 14.2. The van der Waals surface area contributed by atoms with Crippen LogP contribution in [0.1, 0.15) is 29.0 Å². The molecule has 29 heavy (non-hydrogen) atoms. The molecule has 10 heteroatoms. The van der Waals surface area contributed by atoms with E-state index in [-0.39, 0.29) is 18.0 Å². The quantitative estimate of drug-likeness (QED) is 0.551. The molecule has 3 aromatic heterocycles. The van der Waals surface area contributed by atoms with Crippen molar-refractivity contribution >= 4 is 33.3 Å². The van der Waals surface area contributed by atoms with Gasteiger partial charge in [-0.15, -0.1) is 0 Å². The first-order chi connectivity index (χ1) is 14.0. The first kappa shape index (κ1) is 18.2. The highest BCUT2D eigenvalue weighted by Crippen LogP contribution is 2.32. The van der Waals surface area contributed by atoms with E-state index in [9.17, 15) is 9.18 Å². The van der Waals surface area contributed by atoms with Gasteiger partial charge in [0.15, 0.2) is 11.3 Å². The fourth-order valence-corrected chi connectivity index (χ4v) is 4.31. The van der Waals surface area contributed by atoms with E-state index in [4.69, 9.17) is 0 Å². The molecule has 5 rings (SSSR count). The maximum atomic E-state index is 14.2. The average molecular weight is 458 g/mol. The van der Waals surface area contributed by atoms with Crippen LogP contribution in [0.2, 0.25) is 0 Å². The van der Waals surface area contributed by atoms with Gasteiger partial charge in [-0.2, -0.15) is 9.49 Å². The summed E-state index contributed by atoms with van der Waals surface area (Å²) < 4.78 is 16.5. The fourth-order valence-electron chi connectivity index (χ4n) is 4.02. The second kappa shape index (κ2) is 6.87. The molecule has 0 bridgehead atoms. The minimum atomic E-state index is -0.469. The maximum Gasteiger partial charge on any atom is 0.275 e. The van der Waals surface area contributed by atoms with Crippen molar-refractivity contribution in [1.82, 2.24) is 29.4 Å². The van der Waals surface area contributed by atoms with Crippen molar-refractivity contribution in [3.8, 4) is 0 Å². The molecule has 2 aliphatic rings. The molecule has 1 fully saturated rings. The molecule has 0 spiro atoms. The number of aromatic nitrogens is 4. The molecule has 0 radical (unpaired) electrons. The monoisotopic (exact) mass is 457 g/mol. The summed E-state index contributed by atoms with van der Waals surface area (Å²) >= 11 is 3.35. The Balaban J connectivity index is 1.39. The Morgan fingerprint density at radius 3 is 3.00 bits per heavy atom. The van der Waals surface area contributed by atoms with Gasteiger partial charge >= 0.3 is 0 Å². The molecule has 148 valence electrons. The molecule has 3 aromatic rings. The molecule has 1 amide bonds. The van der Waals surface area contributed by atoms with Gasteiger partial charge in [-0.3, -0.25) is 9.79 Å². The first-order valence-electron chi connectivity index (χ1n) is 9.26. The zero-order valence-corrected chi connectivity index (χ0v) is 17.1. The van der Waals surface area contributed by atoms with Crippen molar-refractivity contribution in [2.24, 2.45) is 4.99 Å². The molecule has 0 N–H and O–H groups in total. The zero-order chi connectivity index (χ0) is 20.1. The summed E-state index contributed by atoms with van der Waals surface area (Å²) in [5, 5.41) is 4.36. The standard InChI is InChI=1S/C19H17BrFN7O/c1-11-18-24-9-15(13-3-2-4-22-17(13)21)27(18)6-5-26(11)19(29)14-7-16-23-8-12(20)10-28(16)25-14/h2-4,7-8,10-11,15H,5-6,9H2,1H3. The van der Waals surface area contributed by atoms with Crippen molar-refractivity contribution in [2.45, 2.75) is 19.0 Å². The Bertz CT molecular complexity index is 1150. The summed E-state index contributed by atoms with van der Waals surface area (Å²) in [5.74, 6) is 0.156. The van der Waals surface area contributed by atoms with Crippen molar-refractivity contribution in [2.75, 3.05) is 19.6 Å². The van der Waals surface area contributed by atoms with Crippen molar-refractivity contribution in [3.63, 3.8) is 0 Å². The van der Waals surface area contributed by atoms with E-state index in [0.29, 0.717) is 36.5 Å². The average Bonchev–Trinajstić information content (AvgIpc) is 3.32. The Kier molecular flexibility index (Phi) is 4.30. The lowest BCUT2D eigenvalue weighted by Gasteiger charge is -2.41. The van der Waals surface area contributed by atoms with Crippen molar-refractivity contribution < 1.29 is 9.18 Å². The van der Waals surface area contributed by atoms with Gasteiger partial charge in [0.05, 0.1) is 23.1 Å². The molecule has 2 unspecified atom stereocenters. The number of carbonyl (C=O) groups excluding carboxylic acids is 1. The predicted molar refractivity (Wildman–Crippen MR) is 107 cm³/mol. The lowest BCUT2D eigenvalue weighted by Crippen LogP contribution is -2.56. The number of rotatable bonds is 2. The van der Waals surface area contributed by atoms with Crippen LogP contribution in [-0.2, 0) is 0 Å². The highest BCUT2D eigenvalue weighted by Gasteiger charge is 2.41. The van der Waals surface area contributed by atoms with E-state index in [1.807, 2.05) is 6.92 Å². The molecule has 2 aliphatic heterocycles. The number of hydrogen-bond acceptors (Lipinski definition) is 6. The summed E-state index contributed by atoms with van der Waals surface area (Å²) in [6, 6.07) is 4.74. The summed E-state index contributed by atoms with van der Waals surface area (Å²) in [7, 11) is 0. The van der Waals surface area contributed by atoms with Crippen LogP contribution in [0.3, 0.4) is 0 Å². The van der Waals surface area contributed by atoms with Gasteiger partial charge in [-0.1, -0.05) is 6.07 Å². The number of carbonyl (C=O) groups is 1. The third-order valence-corrected chi connectivity index (χ3v) is 5.84. The number of fused-ring (bicyclic) bond motifs is 2. The minimum Gasteiger partial charge on any atom is -0.348 e. The van der Waals surface area contributed by atoms with Crippen LogP contribution in [0.4, 0.5) is 4.39 Å². The van der Waals surface area contributed by atoms with Gasteiger partial charge in [0, 0.05) is 43.3 Å². The Morgan fingerprint density at radius 1 is 1.31 bits per heavy atom. The van der Waals surface area contributed by atoms with Crippen molar-refractivity contribution in [1.29, 1.82) is 0 Å². The van der Waals surface area contributed by atoms with E-state index in [1.54, 1.807) is 40.0 Å². The van der Waals surface area contributed by atoms with E-state index in [1.165, 1.54) is 6.20 Å². The molecule has 1 saturated heterocycles. The van der Waals surface area contributed by atoms with Crippen LogP contribution in [-0.4, -0.2) is 66.8 Å². The molecule has 8 nitrogen and oxygen atoms in total. The molecule has 2 atom stereocenters. The summed E-state index contributed by atoms with van der Waals surface area (Å²) in [6.07, 6.45) is 4.86. The highest BCUT2D eigenvalue weighted by atomic mass is 79.9. The zero-order valence-electron chi connectivity index (χ0n) is 15.5. The second-order valence-corrected chi connectivity index (χ2v) is 7.99. The van der Waals surface area contributed by atoms with Crippen LogP contribution in [0.5, 0.6) is 0 Å². The highest BCUT2D eigenvalue weighted by molar-refractivity contribution is 9.10. The van der Waals surface area contributed by atoms with Crippen LogP contribution in [0, 0.1) is 5.95 Å². The SMILES string of the molecule is CC1C2=NCC(c3cccnc3F)N2CCN1C(=O)c1cc2ncc(Br)cn2n1. The van der Waals surface area contributed by atoms with E-state index >= 15 is 0 Å². The normalized spacial score (nSPS) is 21.4. The Labute approximate surface area is 174 Å². The Hall–Kier alpha value is -2.88. The lowest BCUT2D eigenvalue weighted by atomic mass is 10.1. The number of hydrogen-bond donors (Lipinski definition) is 0. The first-order valence-corrected chi connectivity index (χ1v) is 10.1. The number of pyridine rings is 1. The predicted octanol–water partition coefficient (Wildman–Crippen LogP) is 2.33. The third kappa shape index (κ3) is 2.98. The number of aliphatic imine (C=N–C) groups is 1. The van der Waals surface area contributed by atoms with E-state index < -0.39 is 5.95 Å². The summed E-state index contributed by atoms with van der Waals surface area (Å²) in [6.45, 7) is 3.47. The Morgan fingerprint density at radius 2 is 2.17 bits per heavy atom. The molecule has 5 heterocycles. The molecule has 0 aromatic carbocycles. The minimum absolute atomic E-state index is 0.169. The number of amides is 1. The van der Waals surface area contributed by atoms with Gasteiger partial charge < -0.3 is 9.80 Å². The summed E-state index contributed by atoms with van der Waals surface area (Å²) in [5.41, 5.74) is 1.48. The van der Waals surface area contributed by atoms with Crippen molar-refractivity contribution in [3.05, 3.63) is 58.5 Å². The second-order valence-electron chi connectivity index (χ2n) is 7.07. The molecular weight excluding hydrogens is 441 g/mol. The number of piperazine rings is 1. The third-order valence-electron chi connectivity index (χ3n) is 5.43. The number of halogens is 2. The molecular formula is C19H17BrFN7O. The van der Waals surface area contributed by atoms with E-state index in [2.05, 4.69) is 40.9 Å². The summed E-state index contributed by atoms with van der Waals surface area (Å²) in [4.78, 5) is 29.6. The lowest BCUT2D eigenvalue weighted by molar-refractivity contribution is 0.0669. The van der Waals surface area contributed by atoms with Crippen LogP contribution < -0.4 is 0 Å². The van der Waals surface area contributed by atoms with Gasteiger partial charge in [-0.25, -0.2) is 14.5 Å². The van der Waals surface area contributed by atoms with E-state index in [0.717, 1.165) is 10.3 Å². The fraction of sp³-hybridized carbons (Fsp3) is 0.316. The van der Waals surface area contributed by atoms with Crippen LogP contribution in [0.15, 0.2) is 46.3 Å². The van der Waals surface area contributed by atoms with Gasteiger partial charge in [0.25, 0.3) is 5.91 Å². The topological polar surface area (TPSA) is 79.0 Å². The molecule has 0 saturated carbocycles. The van der Waals surface area contributed by atoms with Crippen LogP contribution in [0.25, 0.3) is 5.65 Å². The van der Waals surface area contributed by atoms with Gasteiger partial charge in [0.2, 0.25) is 5.95 Å². The smallest absolute Gasteiger partial charge is 0.275 e. The van der Waals surface area contributed by atoms with Gasteiger partial charge in [0.1, 0.15) is 5.84 Å².